The summed E-state index contributed by atoms with van der Waals surface area (Å²) in [5.41, 5.74) is 5.10. The lowest BCUT2D eigenvalue weighted by Crippen LogP contribution is -2.15. The molecule has 5 heteroatoms. The Morgan fingerprint density at radius 1 is 0.711 bits per heavy atom. The number of hydrogen-bond donors (Lipinski definition) is 2. The summed E-state index contributed by atoms with van der Waals surface area (Å²) in [5.74, 6) is 0.281. The molecule has 0 bridgehead atoms. The van der Waals surface area contributed by atoms with Crippen molar-refractivity contribution in [2.75, 3.05) is 17.7 Å². The Kier molecular flexibility index (Phi) is 8.07. The minimum atomic E-state index is -0.256. The predicted octanol–water partition coefficient (Wildman–Crippen LogP) is 7.42. The molecule has 0 aromatic heterocycles. The monoisotopic (exact) mass is 504 g/mol. The van der Waals surface area contributed by atoms with Crippen LogP contribution in [0.4, 0.5) is 11.4 Å². The van der Waals surface area contributed by atoms with Gasteiger partial charge in [-0.2, -0.15) is 0 Å². The normalized spacial score (nSPS) is 11.5. The molecule has 0 fully saturated rings. The first-order valence-electron chi connectivity index (χ1n) is 12.5. The van der Waals surface area contributed by atoms with Crippen LogP contribution in [0.25, 0.3) is 11.6 Å². The third kappa shape index (κ3) is 6.77. The summed E-state index contributed by atoms with van der Waals surface area (Å²) in [5, 5.41) is 5.90. The highest BCUT2D eigenvalue weighted by molar-refractivity contribution is 6.29. The molecule has 5 nitrogen and oxygen atoms in total. The molecule has 0 atom stereocenters. The molecule has 4 aromatic rings. The third-order valence-electron chi connectivity index (χ3n) is 6.15. The molecule has 0 aliphatic heterocycles. The number of nitrogens with one attached hydrogen (secondary N) is 2. The van der Waals surface area contributed by atoms with E-state index in [-0.39, 0.29) is 17.2 Å². The first kappa shape index (κ1) is 26.4. The molecule has 2 N–H and O–H groups in total. The fourth-order valence-corrected chi connectivity index (χ4v) is 3.96. The zero-order valence-corrected chi connectivity index (χ0v) is 22.1. The smallest absolute Gasteiger partial charge is 0.256 e. The average Bonchev–Trinajstić information content (AvgIpc) is 2.92. The molecule has 4 rings (SSSR count). The summed E-state index contributed by atoms with van der Waals surface area (Å²) in [6.07, 6.45) is 1.84. The second kappa shape index (κ2) is 11.6. The number of amides is 2. The number of ether oxygens (including phenoxy) is 1. The van der Waals surface area contributed by atoms with Crippen LogP contribution in [0.3, 0.4) is 0 Å². The third-order valence-corrected chi connectivity index (χ3v) is 6.15. The van der Waals surface area contributed by atoms with Gasteiger partial charge in [0.15, 0.2) is 0 Å². The number of carbonyl (C=O) groups is 2. The molecular weight excluding hydrogens is 472 g/mol. The minimum absolute atomic E-state index is 0.0158. The highest BCUT2D eigenvalue weighted by Gasteiger charge is 2.16. The van der Waals surface area contributed by atoms with Gasteiger partial charge in [-0.05, 0) is 70.6 Å². The summed E-state index contributed by atoms with van der Waals surface area (Å²) in [6, 6.07) is 31.8. The van der Waals surface area contributed by atoms with Gasteiger partial charge in [0.1, 0.15) is 5.75 Å². The van der Waals surface area contributed by atoms with Gasteiger partial charge < -0.3 is 15.4 Å². The van der Waals surface area contributed by atoms with Crippen LogP contribution in [-0.2, 0) is 10.2 Å². The molecule has 0 aliphatic rings. The highest BCUT2D eigenvalue weighted by Crippen LogP contribution is 2.25. The van der Waals surface area contributed by atoms with Crippen molar-refractivity contribution in [3.8, 4) is 5.75 Å². The number of benzene rings is 4. The summed E-state index contributed by atoms with van der Waals surface area (Å²) >= 11 is 0. The van der Waals surface area contributed by atoms with Gasteiger partial charge in [-0.15, -0.1) is 0 Å². The average molecular weight is 505 g/mol. The molecule has 0 unspecified atom stereocenters. The SMILES string of the molecule is COc1ccc(/C=C(/C(=O)Nc2cccc(NC(=O)c3ccc(C(C)(C)C)cc3)c2)c2ccccc2)cc1. The van der Waals surface area contributed by atoms with Crippen LogP contribution in [0.1, 0.15) is 47.8 Å². The van der Waals surface area contributed by atoms with Crippen molar-refractivity contribution < 1.29 is 14.3 Å². The van der Waals surface area contributed by atoms with Crippen molar-refractivity contribution in [2.45, 2.75) is 26.2 Å². The quantitative estimate of drug-likeness (QED) is 0.203. The standard InChI is InChI=1S/C33H32N2O3/c1-33(2,3)26-17-15-25(16-18-26)31(36)34-27-11-8-12-28(22-27)35-32(37)30(24-9-6-5-7-10-24)21-23-13-19-29(38-4)20-14-23/h5-22H,1-4H3,(H,34,36)(H,35,37)/b30-21+. The van der Waals surface area contributed by atoms with Gasteiger partial charge in [-0.25, -0.2) is 0 Å². The Morgan fingerprint density at radius 3 is 1.95 bits per heavy atom. The highest BCUT2D eigenvalue weighted by atomic mass is 16.5. The number of anilines is 2. The largest absolute Gasteiger partial charge is 0.497 e. The van der Waals surface area contributed by atoms with Crippen LogP contribution in [-0.4, -0.2) is 18.9 Å². The number of hydrogen-bond acceptors (Lipinski definition) is 3. The lowest BCUT2D eigenvalue weighted by atomic mass is 9.87. The molecule has 4 aromatic carbocycles. The van der Waals surface area contributed by atoms with Crippen molar-refractivity contribution >= 4 is 34.8 Å². The van der Waals surface area contributed by atoms with Crippen molar-refractivity contribution in [1.82, 2.24) is 0 Å². The van der Waals surface area contributed by atoms with Crippen LogP contribution in [0.5, 0.6) is 5.75 Å². The molecule has 0 heterocycles. The maximum Gasteiger partial charge on any atom is 0.256 e. The van der Waals surface area contributed by atoms with Crippen molar-refractivity contribution in [1.29, 1.82) is 0 Å². The lowest BCUT2D eigenvalue weighted by Gasteiger charge is -2.19. The molecule has 38 heavy (non-hydrogen) atoms. The van der Waals surface area contributed by atoms with E-state index in [0.717, 1.165) is 22.4 Å². The van der Waals surface area contributed by atoms with E-state index < -0.39 is 0 Å². The van der Waals surface area contributed by atoms with Crippen LogP contribution in [0.15, 0.2) is 103 Å². The van der Waals surface area contributed by atoms with Gasteiger partial charge in [0.2, 0.25) is 0 Å². The topological polar surface area (TPSA) is 67.4 Å². The fraction of sp³-hybridized carbons (Fsp3) is 0.152. The zero-order chi connectivity index (χ0) is 27.1. The Labute approximate surface area is 224 Å². The van der Waals surface area contributed by atoms with Crippen LogP contribution in [0.2, 0.25) is 0 Å². The first-order valence-corrected chi connectivity index (χ1v) is 12.5. The van der Waals surface area contributed by atoms with Crippen molar-refractivity contribution in [2.24, 2.45) is 0 Å². The van der Waals surface area contributed by atoms with Gasteiger partial charge in [-0.3, -0.25) is 9.59 Å². The van der Waals surface area contributed by atoms with Gasteiger partial charge >= 0.3 is 0 Å². The fourth-order valence-electron chi connectivity index (χ4n) is 3.96. The molecule has 0 radical (unpaired) electrons. The van der Waals surface area contributed by atoms with Crippen molar-refractivity contribution in [3.63, 3.8) is 0 Å². The second-order valence-electron chi connectivity index (χ2n) is 10.0. The van der Waals surface area contributed by atoms with E-state index in [1.807, 2.05) is 84.9 Å². The minimum Gasteiger partial charge on any atom is -0.497 e. The molecular formula is C33H32N2O3. The Bertz CT molecular complexity index is 1430. The van der Waals surface area contributed by atoms with E-state index >= 15 is 0 Å². The number of methoxy groups -OCH3 is 1. The van der Waals surface area contributed by atoms with Crippen LogP contribution in [0, 0.1) is 0 Å². The number of carbonyl (C=O) groups excluding carboxylic acids is 2. The molecule has 192 valence electrons. The van der Waals surface area contributed by atoms with E-state index in [9.17, 15) is 9.59 Å². The summed E-state index contributed by atoms with van der Waals surface area (Å²) in [7, 11) is 1.62. The van der Waals surface area contributed by atoms with Gasteiger partial charge in [0, 0.05) is 22.5 Å². The predicted molar refractivity (Wildman–Crippen MR) is 155 cm³/mol. The van der Waals surface area contributed by atoms with E-state index in [1.54, 1.807) is 31.4 Å². The molecule has 2 amide bonds. The summed E-state index contributed by atoms with van der Waals surface area (Å²) in [4.78, 5) is 26.3. The van der Waals surface area contributed by atoms with E-state index in [1.165, 1.54) is 0 Å². The Hall–Kier alpha value is -4.64. The lowest BCUT2D eigenvalue weighted by molar-refractivity contribution is -0.111. The molecule has 0 aliphatic carbocycles. The van der Waals surface area contributed by atoms with E-state index in [2.05, 4.69) is 31.4 Å². The van der Waals surface area contributed by atoms with Gasteiger partial charge in [-0.1, -0.05) is 81.4 Å². The van der Waals surface area contributed by atoms with Crippen LogP contribution >= 0.6 is 0 Å². The molecule has 0 spiro atoms. The summed E-state index contributed by atoms with van der Waals surface area (Å²) < 4.78 is 5.24. The van der Waals surface area contributed by atoms with E-state index in [4.69, 9.17) is 4.74 Å². The van der Waals surface area contributed by atoms with Gasteiger partial charge in [0.05, 0.1) is 7.11 Å². The summed E-state index contributed by atoms with van der Waals surface area (Å²) in [6.45, 7) is 6.41. The van der Waals surface area contributed by atoms with E-state index in [0.29, 0.717) is 22.5 Å². The second-order valence-corrected chi connectivity index (χ2v) is 10.0. The maximum absolute atomic E-state index is 13.4. The Morgan fingerprint density at radius 2 is 1.34 bits per heavy atom. The van der Waals surface area contributed by atoms with Crippen LogP contribution < -0.4 is 15.4 Å². The zero-order valence-electron chi connectivity index (χ0n) is 22.1. The van der Waals surface area contributed by atoms with Gasteiger partial charge in [0.25, 0.3) is 11.8 Å². The van der Waals surface area contributed by atoms with Crippen molar-refractivity contribution in [3.05, 3.63) is 125 Å². The maximum atomic E-state index is 13.4. The molecule has 0 saturated carbocycles. The Balaban J connectivity index is 1.52. The molecule has 0 saturated heterocycles. The first-order chi connectivity index (χ1) is 18.2. The number of rotatable bonds is 7.